The molecule has 0 spiro atoms. The normalized spacial score (nSPS) is 18.4. The number of H-pyrrole nitrogens is 1. The van der Waals surface area contributed by atoms with Gasteiger partial charge in [-0.15, -0.1) is 0 Å². The molecule has 0 radical (unpaired) electrons. The average Bonchev–Trinajstić information content (AvgIpc) is 3.05. The SMILES string of the molecule is Cn1ncnc1C1c2n[nH]c(=O)c3cccc(c23)N=CC1c1ccc(F)cc1. The van der Waals surface area contributed by atoms with E-state index in [0.717, 1.165) is 5.56 Å². The number of hydrogen-bond acceptors (Lipinski definition) is 5. The third-order valence-electron chi connectivity index (χ3n) is 5.13. The molecule has 2 aromatic carbocycles. The number of halogens is 1. The van der Waals surface area contributed by atoms with Crippen molar-refractivity contribution in [2.75, 3.05) is 0 Å². The summed E-state index contributed by atoms with van der Waals surface area (Å²) in [5.74, 6) is -0.252. The van der Waals surface area contributed by atoms with Crippen molar-refractivity contribution in [3.05, 3.63) is 82.0 Å². The van der Waals surface area contributed by atoms with Gasteiger partial charge in [0.05, 0.1) is 22.7 Å². The first-order valence-corrected chi connectivity index (χ1v) is 8.78. The van der Waals surface area contributed by atoms with E-state index in [9.17, 15) is 9.18 Å². The van der Waals surface area contributed by atoms with Crippen LogP contribution >= 0.6 is 0 Å². The van der Waals surface area contributed by atoms with E-state index in [0.29, 0.717) is 28.0 Å². The number of hydrogen-bond donors (Lipinski definition) is 1. The van der Waals surface area contributed by atoms with E-state index >= 15 is 0 Å². The standard InChI is InChI=1S/C20H15FN6O/c1-27-19(23-10-24-27)17-14(11-5-7-12(21)8-6-11)9-22-15-4-2-3-13-16(15)18(17)25-26-20(13)28/h2-10,14,17H,1H3,(H,26,28). The predicted molar refractivity (Wildman–Crippen MR) is 103 cm³/mol. The molecule has 2 unspecified atom stereocenters. The predicted octanol–water partition coefficient (Wildman–Crippen LogP) is 2.82. The Morgan fingerprint density at radius 1 is 1.14 bits per heavy atom. The molecule has 0 amide bonds. The number of aromatic amines is 1. The fourth-order valence-electron chi connectivity index (χ4n) is 3.81. The maximum Gasteiger partial charge on any atom is 0.272 e. The van der Waals surface area contributed by atoms with E-state index in [1.165, 1.54) is 18.5 Å². The smallest absolute Gasteiger partial charge is 0.267 e. The summed E-state index contributed by atoms with van der Waals surface area (Å²) in [4.78, 5) is 21.4. The van der Waals surface area contributed by atoms with Crippen LogP contribution in [-0.2, 0) is 7.05 Å². The molecule has 0 fully saturated rings. The molecular weight excluding hydrogens is 359 g/mol. The van der Waals surface area contributed by atoms with Crippen molar-refractivity contribution < 1.29 is 4.39 Å². The van der Waals surface area contributed by atoms with Gasteiger partial charge >= 0.3 is 0 Å². The van der Waals surface area contributed by atoms with Crippen LogP contribution in [0, 0.1) is 5.82 Å². The summed E-state index contributed by atoms with van der Waals surface area (Å²) in [6.45, 7) is 0. The zero-order valence-electron chi connectivity index (χ0n) is 14.9. The molecule has 2 aromatic heterocycles. The number of aryl methyl sites for hydroxylation is 1. The van der Waals surface area contributed by atoms with Gasteiger partial charge < -0.3 is 0 Å². The first-order valence-electron chi connectivity index (χ1n) is 8.78. The molecule has 5 rings (SSSR count). The molecule has 138 valence electrons. The van der Waals surface area contributed by atoms with Gasteiger partial charge in [-0.2, -0.15) is 10.2 Å². The van der Waals surface area contributed by atoms with E-state index in [1.807, 2.05) is 12.3 Å². The molecule has 1 aliphatic heterocycles. The first-order chi connectivity index (χ1) is 13.6. The summed E-state index contributed by atoms with van der Waals surface area (Å²) in [7, 11) is 1.81. The second-order valence-electron chi connectivity index (χ2n) is 6.71. The Bertz CT molecular complexity index is 1270. The molecule has 28 heavy (non-hydrogen) atoms. The Kier molecular flexibility index (Phi) is 3.65. The van der Waals surface area contributed by atoms with Crippen LogP contribution < -0.4 is 5.56 Å². The Hall–Kier alpha value is -3.68. The molecule has 0 saturated carbocycles. The molecule has 1 aliphatic rings. The largest absolute Gasteiger partial charge is 0.272 e. The van der Waals surface area contributed by atoms with E-state index in [4.69, 9.17) is 0 Å². The van der Waals surface area contributed by atoms with E-state index in [2.05, 4.69) is 25.3 Å². The molecule has 3 heterocycles. The van der Waals surface area contributed by atoms with Crippen molar-refractivity contribution in [1.29, 1.82) is 0 Å². The molecule has 4 aromatic rings. The second-order valence-corrected chi connectivity index (χ2v) is 6.71. The van der Waals surface area contributed by atoms with Crippen molar-refractivity contribution in [2.24, 2.45) is 12.0 Å². The molecule has 0 aliphatic carbocycles. The van der Waals surface area contributed by atoms with Crippen LogP contribution in [0.2, 0.25) is 0 Å². The lowest BCUT2D eigenvalue weighted by atomic mass is 9.83. The summed E-state index contributed by atoms with van der Waals surface area (Å²) in [6, 6.07) is 11.7. The first kappa shape index (κ1) is 16.5. The number of rotatable bonds is 2. The number of nitrogens with one attached hydrogen (secondary N) is 1. The Labute approximate surface area is 158 Å². The van der Waals surface area contributed by atoms with Crippen LogP contribution in [0.1, 0.15) is 28.9 Å². The van der Waals surface area contributed by atoms with Crippen molar-refractivity contribution in [2.45, 2.75) is 11.8 Å². The second kappa shape index (κ2) is 6.19. The number of nitrogens with zero attached hydrogens (tertiary/aromatic N) is 5. The van der Waals surface area contributed by atoms with Crippen molar-refractivity contribution in [3.63, 3.8) is 0 Å². The summed E-state index contributed by atoms with van der Waals surface area (Å²) in [5, 5.41) is 12.4. The molecule has 1 N–H and O–H groups in total. The van der Waals surface area contributed by atoms with Gasteiger partial charge in [0, 0.05) is 24.6 Å². The van der Waals surface area contributed by atoms with Crippen molar-refractivity contribution in [3.8, 4) is 0 Å². The zero-order chi connectivity index (χ0) is 19.3. The molecular formula is C20H15FN6O. The van der Waals surface area contributed by atoms with Gasteiger partial charge in [-0.3, -0.25) is 14.5 Å². The van der Waals surface area contributed by atoms with Crippen LogP contribution in [0.25, 0.3) is 10.8 Å². The number of benzene rings is 2. The van der Waals surface area contributed by atoms with Crippen molar-refractivity contribution in [1.82, 2.24) is 25.0 Å². The van der Waals surface area contributed by atoms with E-state index in [1.54, 1.807) is 36.0 Å². The highest BCUT2D eigenvalue weighted by Crippen LogP contribution is 2.42. The third-order valence-corrected chi connectivity index (χ3v) is 5.13. The van der Waals surface area contributed by atoms with Gasteiger partial charge in [-0.25, -0.2) is 14.5 Å². The average molecular weight is 374 g/mol. The summed E-state index contributed by atoms with van der Waals surface area (Å²) < 4.78 is 15.2. The monoisotopic (exact) mass is 374 g/mol. The molecule has 0 bridgehead atoms. The van der Waals surface area contributed by atoms with Gasteiger partial charge in [0.15, 0.2) is 0 Å². The fourth-order valence-corrected chi connectivity index (χ4v) is 3.81. The Morgan fingerprint density at radius 2 is 1.96 bits per heavy atom. The van der Waals surface area contributed by atoms with Gasteiger partial charge in [0.1, 0.15) is 18.0 Å². The van der Waals surface area contributed by atoms with Crippen LogP contribution in [0.4, 0.5) is 10.1 Å². The van der Waals surface area contributed by atoms with E-state index < -0.39 is 0 Å². The highest BCUT2D eigenvalue weighted by molar-refractivity contribution is 5.97. The summed E-state index contributed by atoms with van der Waals surface area (Å²) >= 11 is 0. The third kappa shape index (κ3) is 2.45. The van der Waals surface area contributed by atoms with Crippen LogP contribution in [0.15, 0.2) is 58.6 Å². The summed E-state index contributed by atoms with van der Waals surface area (Å²) in [6.07, 6.45) is 3.29. The quantitative estimate of drug-likeness (QED) is 0.584. The Morgan fingerprint density at radius 3 is 2.71 bits per heavy atom. The van der Waals surface area contributed by atoms with Gasteiger partial charge in [-0.1, -0.05) is 18.2 Å². The minimum Gasteiger partial charge on any atom is -0.267 e. The van der Waals surface area contributed by atoms with Crippen LogP contribution in [0.5, 0.6) is 0 Å². The highest BCUT2D eigenvalue weighted by atomic mass is 19.1. The molecule has 2 atom stereocenters. The summed E-state index contributed by atoms with van der Waals surface area (Å²) in [5.41, 5.74) is 1.93. The molecule has 7 nitrogen and oxygen atoms in total. The fraction of sp³-hybridized carbons (Fsp3) is 0.150. The molecule has 0 saturated heterocycles. The van der Waals surface area contributed by atoms with Crippen LogP contribution in [-0.4, -0.2) is 31.2 Å². The lowest BCUT2D eigenvalue weighted by Crippen LogP contribution is -2.21. The van der Waals surface area contributed by atoms with E-state index in [-0.39, 0.29) is 23.2 Å². The number of aliphatic imine (C=N–C) groups is 1. The Balaban J connectivity index is 1.85. The minimum absolute atomic E-state index is 0.266. The minimum atomic E-state index is -0.357. The van der Waals surface area contributed by atoms with Gasteiger partial charge in [0.2, 0.25) is 0 Å². The molecule has 8 heteroatoms. The lowest BCUT2D eigenvalue weighted by molar-refractivity contribution is 0.607. The maximum atomic E-state index is 13.5. The van der Waals surface area contributed by atoms with Gasteiger partial charge in [0.25, 0.3) is 5.56 Å². The highest BCUT2D eigenvalue weighted by Gasteiger charge is 2.34. The van der Waals surface area contributed by atoms with Gasteiger partial charge in [-0.05, 0) is 29.8 Å². The number of aromatic nitrogens is 5. The maximum absolute atomic E-state index is 13.5. The lowest BCUT2D eigenvalue weighted by Gasteiger charge is -2.23. The van der Waals surface area contributed by atoms with Crippen molar-refractivity contribution >= 4 is 22.7 Å². The topological polar surface area (TPSA) is 88.8 Å². The van der Waals surface area contributed by atoms with Crippen LogP contribution in [0.3, 0.4) is 0 Å². The zero-order valence-corrected chi connectivity index (χ0v) is 14.9.